The van der Waals surface area contributed by atoms with Crippen molar-refractivity contribution in [3.8, 4) is 11.4 Å². The second-order valence-corrected chi connectivity index (χ2v) is 6.27. The lowest BCUT2D eigenvalue weighted by atomic mass is 10.2. The summed E-state index contributed by atoms with van der Waals surface area (Å²) in [5, 5.41) is 8.41. The average Bonchev–Trinajstić information content (AvgIpc) is 3.21. The highest BCUT2D eigenvalue weighted by Crippen LogP contribution is 2.15. The third-order valence-corrected chi connectivity index (χ3v) is 4.49. The average molecular weight is 354 g/mol. The molecule has 0 aliphatic carbocycles. The van der Waals surface area contributed by atoms with Crippen molar-refractivity contribution >= 4 is 5.91 Å². The first-order valence-electron chi connectivity index (χ1n) is 8.43. The molecular weight excluding hydrogens is 332 g/mol. The molecule has 136 valence electrons. The Labute approximate surface area is 151 Å². The fraction of sp³-hybridized carbons (Fsp3) is 0.389. The first kappa shape index (κ1) is 17.8. The smallest absolute Gasteiger partial charge is 0.246 e. The van der Waals surface area contributed by atoms with Crippen LogP contribution in [0.3, 0.4) is 0 Å². The van der Waals surface area contributed by atoms with Gasteiger partial charge in [0, 0.05) is 43.7 Å². The molecule has 0 bridgehead atoms. The van der Waals surface area contributed by atoms with Crippen LogP contribution in [0.4, 0.5) is 0 Å². The van der Waals surface area contributed by atoms with E-state index in [0.29, 0.717) is 24.7 Å². The molecule has 0 aliphatic heterocycles. The van der Waals surface area contributed by atoms with Gasteiger partial charge in [-0.05, 0) is 38.5 Å². The van der Waals surface area contributed by atoms with Crippen molar-refractivity contribution in [1.29, 1.82) is 0 Å². The van der Waals surface area contributed by atoms with E-state index < -0.39 is 0 Å². The summed E-state index contributed by atoms with van der Waals surface area (Å²) >= 11 is 0. The lowest BCUT2D eigenvalue weighted by molar-refractivity contribution is -0.131. The molecular formula is C18H22N6O2. The number of amides is 1. The van der Waals surface area contributed by atoms with Gasteiger partial charge in [-0.3, -0.25) is 14.5 Å². The fourth-order valence-electron chi connectivity index (χ4n) is 2.62. The molecule has 0 aromatic carbocycles. The molecule has 1 amide bonds. The lowest BCUT2D eigenvalue weighted by Crippen LogP contribution is -2.27. The SMILES string of the molecule is Cc1nn(CCC(=O)N(C)Cc2nc(-c3ccncc3)no2)c(C)c1C. The van der Waals surface area contributed by atoms with Gasteiger partial charge in [0.05, 0.1) is 12.2 Å². The van der Waals surface area contributed by atoms with Crippen molar-refractivity contribution in [2.75, 3.05) is 7.05 Å². The normalized spacial score (nSPS) is 10.9. The molecule has 8 nitrogen and oxygen atoms in total. The van der Waals surface area contributed by atoms with Crippen LogP contribution in [0.5, 0.6) is 0 Å². The number of hydrogen-bond donors (Lipinski definition) is 0. The van der Waals surface area contributed by atoms with Crippen LogP contribution in [0.15, 0.2) is 29.0 Å². The van der Waals surface area contributed by atoms with Crippen molar-refractivity contribution in [2.24, 2.45) is 0 Å². The Morgan fingerprint density at radius 1 is 1.23 bits per heavy atom. The summed E-state index contributed by atoms with van der Waals surface area (Å²) in [6, 6.07) is 3.61. The van der Waals surface area contributed by atoms with Gasteiger partial charge in [0.2, 0.25) is 17.6 Å². The zero-order chi connectivity index (χ0) is 18.7. The summed E-state index contributed by atoms with van der Waals surface area (Å²) in [5.41, 5.74) is 4.08. The summed E-state index contributed by atoms with van der Waals surface area (Å²) in [5.74, 6) is 0.884. The van der Waals surface area contributed by atoms with Gasteiger partial charge >= 0.3 is 0 Å². The van der Waals surface area contributed by atoms with Gasteiger partial charge in [0.1, 0.15) is 0 Å². The van der Waals surface area contributed by atoms with E-state index in [1.54, 1.807) is 36.5 Å². The molecule has 8 heteroatoms. The van der Waals surface area contributed by atoms with Crippen LogP contribution in [0.25, 0.3) is 11.4 Å². The molecule has 0 saturated carbocycles. The second kappa shape index (κ2) is 7.47. The first-order chi connectivity index (χ1) is 12.5. The number of pyridine rings is 1. The van der Waals surface area contributed by atoms with Crippen molar-refractivity contribution in [2.45, 2.75) is 40.3 Å². The quantitative estimate of drug-likeness (QED) is 0.675. The predicted molar refractivity (Wildman–Crippen MR) is 95.1 cm³/mol. The first-order valence-corrected chi connectivity index (χ1v) is 8.43. The van der Waals surface area contributed by atoms with E-state index in [4.69, 9.17) is 4.52 Å². The van der Waals surface area contributed by atoms with Crippen molar-refractivity contribution in [3.63, 3.8) is 0 Å². The number of rotatable bonds is 6. The Morgan fingerprint density at radius 2 is 1.96 bits per heavy atom. The van der Waals surface area contributed by atoms with Gasteiger partial charge in [0.15, 0.2) is 0 Å². The molecule has 0 spiro atoms. The van der Waals surface area contributed by atoms with Crippen LogP contribution in [-0.4, -0.2) is 42.8 Å². The van der Waals surface area contributed by atoms with Crippen LogP contribution in [0, 0.1) is 20.8 Å². The van der Waals surface area contributed by atoms with Crippen LogP contribution in [0.2, 0.25) is 0 Å². The van der Waals surface area contributed by atoms with Gasteiger partial charge < -0.3 is 9.42 Å². The van der Waals surface area contributed by atoms with E-state index in [-0.39, 0.29) is 12.5 Å². The van der Waals surface area contributed by atoms with Gasteiger partial charge in [-0.25, -0.2) is 0 Å². The van der Waals surface area contributed by atoms with E-state index in [1.165, 1.54) is 5.56 Å². The maximum absolute atomic E-state index is 12.4. The fourth-order valence-corrected chi connectivity index (χ4v) is 2.62. The Kier molecular flexibility index (Phi) is 5.11. The third kappa shape index (κ3) is 3.79. The monoisotopic (exact) mass is 354 g/mol. The van der Waals surface area contributed by atoms with Crippen molar-refractivity contribution < 1.29 is 9.32 Å². The highest BCUT2D eigenvalue weighted by atomic mass is 16.5. The summed E-state index contributed by atoms with van der Waals surface area (Å²) in [6.07, 6.45) is 3.70. The Morgan fingerprint density at radius 3 is 2.62 bits per heavy atom. The summed E-state index contributed by atoms with van der Waals surface area (Å²) < 4.78 is 7.13. The van der Waals surface area contributed by atoms with Crippen LogP contribution in [-0.2, 0) is 17.9 Å². The number of carbonyl (C=O) groups excluding carboxylic acids is 1. The minimum atomic E-state index is -0.00105. The molecule has 3 aromatic rings. The second-order valence-electron chi connectivity index (χ2n) is 6.27. The van der Waals surface area contributed by atoms with E-state index in [9.17, 15) is 4.79 Å². The molecule has 3 aromatic heterocycles. The molecule has 0 fully saturated rings. The molecule has 0 atom stereocenters. The molecule has 0 N–H and O–H groups in total. The van der Waals surface area contributed by atoms with E-state index >= 15 is 0 Å². The zero-order valence-electron chi connectivity index (χ0n) is 15.4. The van der Waals surface area contributed by atoms with Crippen LogP contribution < -0.4 is 0 Å². The lowest BCUT2D eigenvalue weighted by Gasteiger charge is -2.15. The van der Waals surface area contributed by atoms with Gasteiger partial charge in [0.25, 0.3) is 0 Å². The topological polar surface area (TPSA) is 89.9 Å². The number of aromatic nitrogens is 5. The van der Waals surface area contributed by atoms with E-state index in [1.807, 2.05) is 25.5 Å². The number of aryl methyl sites for hydroxylation is 2. The molecule has 26 heavy (non-hydrogen) atoms. The zero-order valence-corrected chi connectivity index (χ0v) is 15.4. The van der Waals surface area contributed by atoms with Gasteiger partial charge in [-0.1, -0.05) is 5.16 Å². The van der Waals surface area contributed by atoms with Crippen molar-refractivity contribution in [3.05, 3.63) is 47.4 Å². The van der Waals surface area contributed by atoms with Gasteiger partial charge in [-0.15, -0.1) is 0 Å². The maximum atomic E-state index is 12.4. The molecule has 3 rings (SSSR count). The molecule has 0 aliphatic rings. The summed E-state index contributed by atoms with van der Waals surface area (Å²) in [7, 11) is 1.73. The standard InChI is InChI=1S/C18H22N6O2/c1-12-13(2)21-24(14(12)3)10-7-17(25)23(4)11-16-20-18(22-26-16)15-5-8-19-9-6-15/h5-6,8-9H,7,10-11H2,1-4H3. The minimum Gasteiger partial charge on any atom is -0.337 e. The van der Waals surface area contributed by atoms with Crippen molar-refractivity contribution in [1.82, 2.24) is 29.8 Å². The van der Waals surface area contributed by atoms with E-state index in [0.717, 1.165) is 17.0 Å². The Bertz CT molecular complexity index is 900. The molecule has 0 unspecified atom stereocenters. The van der Waals surface area contributed by atoms with Crippen LogP contribution >= 0.6 is 0 Å². The number of hydrogen-bond acceptors (Lipinski definition) is 6. The highest BCUT2D eigenvalue weighted by molar-refractivity contribution is 5.75. The number of nitrogens with zero attached hydrogens (tertiary/aromatic N) is 6. The van der Waals surface area contributed by atoms with Gasteiger partial charge in [-0.2, -0.15) is 10.1 Å². The summed E-state index contributed by atoms with van der Waals surface area (Å²) in [4.78, 5) is 22.3. The maximum Gasteiger partial charge on any atom is 0.246 e. The summed E-state index contributed by atoms with van der Waals surface area (Å²) in [6.45, 7) is 6.85. The molecule has 3 heterocycles. The Balaban J connectivity index is 1.57. The number of carbonyl (C=O) groups is 1. The largest absolute Gasteiger partial charge is 0.337 e. The molecule has 0 radical (unpaired) electrons. The van der Waals surface area contributed by atoms with E-state index in [2.05, 4.69) is 20.2 Å². The third-order valence-electron chi connectivity index (χ3n) is 4.49. The minimum absolute atomic E-state index is 0.00105. The predicted octanol–water partition coefficient (Wildman–Crippen LogP) is 2.30. The Hall–Kier alpha value is -3.03. The molecule has 0 saturated heterocycles. The van der Waals surface area contributed by atoms with Crippen LogP contribution in [0.1, 0.15) is 29.3 Å². The highest BCUT2D eigenvalue weighted by Gasteiger charge is 2.16.